The smallest absolute Gasteiger partial charge is 0.405 e. The number of rotatable bonds is 4. The number of halogens is 2. The number of hydrogen-bond donors (Lipinski definition) is 2. The number of benzene rings is 1. The topological polar surface area (TPSA) is 97.1 Å². The van der Waals surface area contributed by atoms with Gasteiger partial charge in [0.1, 0.15) is 11.6 Å². The number of aromatic nitrogens is 3. The molecule has 140 valence electrons. The van der Waals surface area contributed by atoms with Crippen LogP contribution >= 0.6 is 11.6 Å². The van der Waals surface area contributed by atoms with Gasteiger partial charge in [0, 0.05) is 5.56 Å². The van der Waals surface area contributed by atoms with Crippen molar-refractivity contribution < 1.29 is 14.3 Å². The second-order valence-corrected chi connectivity index (χ2v) is 6.33. The standard InChI is InChI=1S/C18H16ClFN4O3/c1-3-12(23-18(26)27)16-22-13-6-4-5-10(19)15(13)17(25)24(16)14-8-21-7-11(20)9(14)2/h4-8,12,23H,3H2,1-2H3,(H,26,27). The molecule has 2 aromatic heterocycles. The van der Waals surface area contributed by atoms with E-state index in [2.05, 4.69) is 15.3 Å². The van der Waals surface area contributed by atoms with E-state index in [4.69, 9.17) is 16.7 Å². The van der Waals surface area contributed by atoms with E-state index in [0.717, 1.165) is 6.20 Å². The fourth-order valence-corrected chi connectivity index (χ4v) is 3.14. The van der Waals surface area contributed by atoms with Crippen LogP contribution in [0.3, 0.4) is 0 Å². The van der Waals surface area contributed by atoms with Gasteiger partial charge in [-0.15, -0.1) is 0 Å². The molecule has 0 saturated heterocycles. The van der Waals surface area contributed by atoms with E-state index in [-0.39, 0.29) is 27.5 Å². The van der Waals surface area contributed by atoms with E-state index in [0.29, 0.717) is 11.9 Å². The molecule has 3 rings (SSSR count). The van der Waals surface area contributed by atoms with Crippen LogP contribution in [0.1, 0.15) is 30.8 Å². The Hall–Kier alpha value is -3.00. The predicted molar refractivity (Wildman–Crippen MR) is 99.0 cm³/mol. The van der Waals surface area contributed by atoms with Crippen LogP contribution in [0.2, 0.25) is 5.02 Å². The number of hydrogen-bond acceptors (Lipinski definition) is 4. The zero-order valence-electron chi connectivity index (χ0n) is 14.5. The molecule has 0 radical (unpaired) electrons. The number of carbonyl (C=O) groups is 1. The van der Waals surface area contributed by atoms with Gasteiger partial charge in [-0.1, -0.05) is 24.6 Å². The van der Waals surface area contributed by atoms with E-state index in [1.54, 1.807) is 25.1 Å². The lowest BCUT2D eigenvalue weighted by atomic mass is 10.1. The summed E-state index contributed by atoms with van der Waals surface area (Å²) in [7, 11) is 0. The average molecular weight is 391 g/mol. The van der Waals surface area contributed by atoms with E-state index < -0.39 is 23.5 Å². The minimum Gasteiger partial charge on any atom is -0.465 e. The molecule has 1 unspecified atom stereocenters. The summed E-state index contributed by atoms with van der Waals surface area (Å²) in [5.74, 6) is -0.459. The molecule has 0 aliphatic heterocycles. The van der Waals surface area contributed by atoms with Crippen molar-refractivity contribution in [1.29, 1.82) is 0 Å². The Morgan fingerprint density at radius 2 is 2.15 bits per heavy atom. The van der Waals surface area contributed by atoms with Gasteiger partial charge in [0.25, 0.3) is 5.56 Å². The summed E-state index contributed by atoms with van der Waals surface area (Å²) in [6.07, 6.45) is 1.44. The molecule has 0 fully saturated rings. The molecule has 0 aliphatic rings. The minimum atomic E-state index is -1.26. The molecule has 2 N–H and O–H groups in total. The van der Waals surface area contributed by atoms with Gasteiger partial charge in [-0.2, -0.15) is 0 Å². The lowest BCUT2D eigenvalue weighted by molar-refractivity contribution is 0.188. The molecule has 2 heterocycles. The maximum absolute atomic E-state index is 14.1. The Morgan fingerprint density at radius 3 is 2.81 bits per heavy atom. The van der Waals surface area contributed by atoms with Gasteiger partial charge in [0.05, 0.1) is 40.0 Å². The third kappa shape index (κ3) is 3.35. The highest BCUT2D eigenvalue weighted by Crippen LogP contribution is 2.25. The fourth-order valence-electron chi connectivity index (χ4n) is 2.89. The number of fused-ring (bicyclic) bond motifs is 1. The molecular formula is C18H16ClFN4O3. The van der Waals surface area contributed by atoms with Crippen molar-refractivity contribution in [3.05, 3.63) is 63.2 Å². The third-order valence-corrected chi connectivity index (χ3v) is 4.57. The Labute approximate surface area is 158 Å². The van der Waals surface area contributed by atoms with E-state index in [9.17, 15) is 14.0 Å². The monoisotopic (exact) mass is 390 g/mol. The minimum absolute atomic E-state index is 0.134. The summed E-state index contributed by atoms with van der Waals surface area (Å²) in [6.45, 7) is 3.25. The van der Waals surface area contributed by atoms with Gasteiger partial charge in [0.2, 0.25) is 0 Å². The van der Waals surface area contributed by atoms with Gasteiger partial charge in [0.15, 0.2) is 0 Å². The first kappa shape index (κ1) is 18.8. The molecule has 9 heteroatoms. The van der Waals surface area contributed by atoms with Crippen LogP contribution < -0.4 is 10.9 Å². The highest BCUT2D eigenvalue weighted by molar-refractivity contribution is 6.35. The molecule has 3 aromatic rings. The van der Waals surface area contributed by atoms with Crippen LogP contribution in [0, 0.1) is 12.7 Å². The summed E-state index contributed by atoms with van der Waals surface area (Å²) in [5, 5.41) is 11.9. The van der Waals surface area contributed by atoms with Crippen LogP contribution in [0.25, 0.3) is 16.6 Å². The van der Waals surface area contributed by atoms with Crippen molar-refractivity contribution in [3.63, 3.8) is 0 Å². The van der Waals surface area contributed by atoms with Gasteiger partial charge in [-0.05, 0) is 25.5 Å². The zero-order valence-corrected chi connectivity index (χ0v) is 15.3. The van der Waals surface area contributed by atoms with Crippen molar-refractivity contribution in [1.82, 2.24) is 19.9 Å². The number of nitrogens with one attached hydrogen (secondary N) is 1. The van der Waals surface area contributed by atoms with E-state index in [1.807, 2.05) is 0 Å². The highest BCUT2D eigenvalue weighted by Gasteiger charge is 2.24. The zero-order chi connectivity index (χ0) is 19.7. The summed E-state index contributed by atoms with van der Waals surface area (Å²) in [4.78, 5) is 32.7. The molecule has 0 saturated carbocycles. The first-order chi connectivity index (χ1) is 12.8. The lowest BCUT2D eigenvalue weighted by Crippen LogP contribution is -2.34. The number of nitrogens with zero attached hydrogens (tertiary/aromatic N) is 3. The molecule has 27 heavy (non-hydrogen) atoms. The quantitative estimate of drug-likeness (QED) is 0.709. The maximum Gasteiger partial charge on any atom is 0.405 e. The molecule has 1 aromatic carbocycles. The Kier molecular flexibility index (Phi) is 5.09. The summed E-state index contributed by atoms with van der Waals surface area (Å²) in [5.41, 5.74) is 0.162. The van der Waals surface area contributed by atoms with Crippen LogP contribution in [0.5, 0.6) is 0 Å². The lowest BCUT2D eigenvalue weighted by Gasteiger charge is -2.21. The Morgan fingerprint density at radius 1 is 1.41 bits per heavy atom. The molecule has 1 atom stereocenters. The van der Waals surface area contributed by atoms with Crippen molar-refractivity contribution in [3.8, 4) is 5.69 Å². The second-order valence-electron chi connectivity index (χ2n) is 5.92. The van der Waals surface area contributed by atoms with Crippen molar-refractivity contribution in [2.24, 2.45) is 0 Å². The predicted octanol–water partition coefficient (Wildman–Crippen LogP) is 3.60. The van der Waals surface area contributed by atoms with Crippen LogP contribution in [0.4, 0.5) is 9.18 Å². The fraction of sp³-hybridized carbons (Fsp3) is 0.222. The molecule has 7 nitrogen and oxygen atoms in total. The van der Waals surface area contributed by atoms with Crippen molar-refractivity contribution >= 4 is 28.6 Å². The molecule has 0 aliphatic carbocycles. The SMILES string of the molecule is CCC(NC(=O)O)c1nc2cccc(Cl)c2c(=O)n1-c1cncc(F)c1C. The summed E-state index contributed by atoms with van der Waals surface area (Å²) < 4.78 is 15.3. The molecule has 1 amide bonds. The molecule has 0 bridgehead atoms. The van der Waals surface area contributed by atoms with Gasteiger partial charge >= 0.3 is 6.09 Å². The first-order valence-electron chi connectivity index (χ1n) is 8.16. The number of pyridine rings is 1. The van der Waals surface area contributed by atoms with Crippen LogP contribution in [0.15, 0.2) is 35.4 Å². The summed E-state index contributed by atoms with van der Waals surface area (Å²) in [6, 6.07) is 4.02. The average Bonchev–Trinajstić information content (AvgIpc) is 2.62. The van der Waals surface area contributed by atoms with Crippen LogP contribution in [-0.4, -0.2) is 25.7 Å². The molecule has 0 spiro atoms. The van der Waals surface area contributed by atoms with Crippen molar-refractivity contribution in [2.45, 2.75) is 26.3 Å². The highest BCUT2D eigenvalue weighted by atomic mass is 35.5. The first-order valence-corrected chi connectivity index (χ1v) is 8.54. The maximum atomic E-state index is 14.1. The third-order valence-electron chi connectivity index (χ3n) is 4.26. The normalized spacial score (nSPS) is 12.1. The van der Waals surface area contributed by atoms with Gasteiger partial charge in [-0.3, -0.25) is 14.3 Å². The van der Waals surface area contributed by atoms with Gasteiger partial charge in [-0.25, -0.2) is 14.2 Å². The van der Waals surface area contributed by atoms with E-state index in [1.165, 1.54) is 17.7 Å². The molecular weight excluding hydrogens is 375 g/mol. The number of carboxylic acid groups (broad SMARTS) is 1. The summed E-state index contributed by atoms with van der Waals surface area (Å²) >= 11 is 6.19. The Balaban J connectivity index is 2.44. The second kappa shape index (κ2) is 7.32. The van der Waals surface area contributed by atoms with Gasteiger partial charge < -0.3 is 10.4 Å². The van der Waals surface area contributed by atoms with Crippen LogP contribution in [-0.2, 0) is 0 Å². The largest absolute Gasteiger partial charge is 0.465 e. The van der Waals surface area contributed by atoms with E-state index >= 15 is 0 Å². The van der Waals surface area contributed by atoms with Crippen molar-refractivity contribution in [2.75, 3.05) is 0 Å². The Bertz CT molecular complexity index is 1100. The number of amides is 1.